The minimum Gasteiger partial charge on any atom is -0.493 e. The van der Waals surface area contributed by atoms with Gasteiger partial charge in [0.1, 0.15) is 12.4 Å². The standard InChI is InChI=1S/C24H23N3O6/c1-17(33-21-11-9-20(10-12-21)27(29)30)24(28)26-25-15-19-8-13-22(23(14-19)31-2)32-16-18-6-4-3-5-7-18/h3-15,17H,16H2,1-2H3,(H,26,28)/b25-15-/t17-/m0/s1. The molecule has 0 bridgehead atoms. The summed E-state index contributed by atoms with van der Waals surface area (Å²) in [6.45, 7) is 1.96. The summed E-state index contributed by atoms with van der Waals surface area (Å²) in [6.07, 6.45) is 0.617. The van der Waals surface area contributed by atoms with Gasteiger partial charge in [0, 0.05) is 12.1 Å². The first-order valence-corrected chi connectivity index (χ1v) is 10.0. The van der Waals surface area contributed by atoms with Gasteiger partial charge in [0.25, 0.3) is 11.6 Å². The third kappa shape index (κ3) is 6.79. The molecule has 0 saturated carbocycles. The molecule has 0 radical (unpaired) electrons. The zero-order chi connectivity index (χ0) is 23.6. The molecule has 0 fully saturated rings. The summed E-state index contributed by atoms with van der Waals surface area (Å²) in [5.41, 5.74) is 4.08. The number of non-ortho nitro benzene ring substituents is 1. The number of methoxy groups -OCH3 is 1. The lowest BCUT2D eigenvalue weighted by Crippen LogP contribution is -2.33. The molecule has 33 heavy (non-hydrogen) atoms. The smallest absolute Gasteiger partial charge is 0.280 e. The number of benzene rings is 3. The zero-order valence-electron chi connectivity index (χ0n) is 18.1. The van der Waals surface area contributed by atoms with Crippen LogP contribution in [0.25, 0.3) is 0 Å². The summed E-state index contributed by atoms with van der Waals surface area (Å²) in [5.74, 6) is 0.992. The van der Waals surface area contributed by atoms with Crippen molar-refractivity contribution in [2.24, 2.45) is 5.10 Å². The normalized spacial score (nSPS) is 11.6. The molecule has 0 aliphatic carbocycles. The number of ether oxygens (including phenoxy) is 3. The van der Waals surface area contributed by atoms with Crippen LogP contribution in [-0.4, -0.2) is 30.3 Å². The Labute approximate surface area is 190 Å². The molecule has 1 N–H and O–H groups in total. The van der Waals surface area contributed by atoms with Gasteiger partial charge < -0.3 is 14.2 Å². The monoisotopic (exact) mass is 449 g/mol. The second-order valence-corrected chi connectivity index (χ2v) is 6.93. The predicted molar refractivity (Wildman–Crippen MR) is 123 cm³/mol. The van der Waals surface area contributed by atoms with E-state index in [1.807, 2.05) is 30.3 Å². The van der Waals surface area contributed by atoms with Crippen molar-refractivity contribution in [1.82, 2.24) is 5.43 Å². The van der Waals surface area contributed by atoms with Gasteiger partial charge >= 0.3 is 0 Å². The number of nitrogens with one attached hydrogen (secondary N) is 1. The van der Waals surface area contributed by atoms with Crippen molar-refractivity contribution in [3.8, 4) is 17.2 Å². The Bertz CT molecular complexity index is 1120. The highest BCUT2D eigenvalue weighted by molar-refractivity contribution is 5.84. The molecule has 3 aromatic carbocycles. The number of nitro groups is 1. The van der Waals surface area contributed by atoms with Crippen LogP contribution < -0.4 is 19.6 Å². The molecule has 9 heteroatoms. The predicted octanol–water partition coefficient (Wildman–Crippen LogP) is 4.10. The van der Waals surface area contributed by atoms with Gasteiger partial charge in [-0.1, -0.05) is 30.3 Å². The Kier molecular flexibility index (Phi) is 7.96. The van der Waals surface area contributed by atoms with Crippen LogP contribution in [0.15, 0.2) is 77.9 Å². The average Bonchev–Trinajstić information content (AvgIpc) is 2.83. The summed E-state index contributed by atoms with van der Waals surface area (Å²) in [7, 11) is 1.55. The van der Waals surface area contributed by atoms with Gasteiger partial charge in [-0.05, 0) is 48.4 Å². The van der Waals surface area contributed by atoms with Crippen molar-refractivity contribution >= 4 is 17.8 Å². The lowest BCUT2D eigenvalue weighted by Gasteiger charge is -2.13. The number of nitro benzene ring substituents is 1. The van der Waals surface area contributed by atoms with Gasteiger partial charge in [0.05, 0.1) is 18.2 Å². The number of carbonyl (C=O) groups excluding carboxylic acids is 1. The largest absolute Gasteiger partial charge is 0.493 e. The van der Waals surface area contributed by atoms with Crippen molar-refractivity contribution < 1.29 is 23.9 Å². The highest BCUT2D eigenvalue weighted by Gasteiger charge is 2.15. The Balaban J connectivity index is 1.54. The first-order valence-electron chi connectivity index (χ1n) is 10.0. The van der Waals surface area contributed by atoms with Crippen LogP contribution in [0.3, 0.4) is 0 Å². The molecule has 3 rings (SSSR count). The van der Waals surface area contributed by atoms with Gasteiger partial charge in [-0.3, -0.25) is 14.9 Å². The molecule has 9 nitrogen and oxygen atoms in total. The average molecular weight is 449 g/mol. The van der Waals surface area contributed by atoms with Crippen LogP contribution in [0.4, 0.5) is 5.69 Å². The minimum atomic E-state index is -0.855. The molecule has 3 aromatic rings. The number of rotatable bonds is 10. The second-order valence-electron chi connectivity index (χ2n) is 6.93. The number of hydrazone groups is 1. The third-order valence-electron chi connectivity index (χ3n) is 4.54. The van der Waals surface area contributed by atoms with Crippen molar-refractivity contribution in [3.05, 3.63) is 94.0 Å². The second kappa shape index (κ2) is 11.3. The van der Waals surface area contributed by atoms with Gasteiger partial charge in [-0.15, -0.1) is 0 Å². The number of carbonyl (C=O) groups is 1. The molecule has 0 spiro atoms. The maximum atomic E-state index is 12.2. The minimum absolute atomic E-state index is 0.0593. The van der Waals surface area contributed by atoms with Crippen LogP contribution in [0.2, 0.25) is 0 Å². The maximum Gasteiger partial charge on any atom is 0.280 e. The van der Waals surface area contributed by atoms with Crippen LogP contribution in [0.1, 0.15) is 18.1 Å². The highest BCUT2D eigenvalue weighted by Crippen LogP contribution is 2.28. The Morgan fingerprint density at radius 1 is 1.09 bits per heavy atom. The first kappa shape index (κ1) is 23.3. The van der Waals surface area contributed by atoms with Crippen molar-refractivity contribution in [2.45, 2.75) is 19.6 Å². The van der Waals surface area contributed by atoms with E-state index in [-0.39, 0.29) is 5.69 Å². The summed E-state index contributed by atoms with van der Waals surface area (Å²) in [6, 6.07) is 20.6. The quantitative estimate of drug-likeness (QED) is 0.283. The molecule has 0 unspecified atom stereocenters. The molecule has 170 valence electrons. The lowest BCUT2D eigenvalue weighted by atomic mass is 10.2. The summed E-state index contributed by atoms with van der Waals surface area (Å²) in [4.78, 5) is 22.4. The number of hydrogen-bond acceptors (Lipinski definition) is 7. The number of nitrogens with zero attached hydrogens (tertiary/aromatic N) is 2. The summed E-state index contributed by atoms with van der Waals surface area (Å²) < 4.78 is 16.7. The van der Waals surface area contributed by atoms with Crippen LogP contribution in [-0.2, 0) is 11.4 Å². The number of hydrogen-bond donors (Lipinski definition) is 1. The van der Waals surface area contributed by atoms with Crippen molar-refractivity contribution in [1.29, 1.82) is 0 Å². The van der Waals surface area contributed by atoms with Gasteiger partial charge in [0.2, 0.25) is 0 Å². The lowest BCUT2D eigenvalue weighted by molar-refractivity contribution is -0.384. The highest BCUT2D eigenvalue weighted by atomic mass is 16.6. The fraction of sp³-hybridized carbons (Fsp3) is 0.167. The van der Waals surface area contributed by atoms with E-state index in [1.54, 1.807) is 32.2 Å². The van der Waals surface area contributed by atoms with Crippen LogP contribution in [0, 0.1) is 10.1 Å². The molecular formula is C24H23N3O6. The zero-order valence-corrected chi connectivity index (χ0v) is 18.1. The first-order chi connectivity index (χ1) is 16.0. The molecule has 0 aromatic heterocycles. The Hall–Kier alpha value is -4.40. The van der Waals surface area contributed by atoms with E-state index >= 15 is 0 Å². The SMILES string of the molecule is COc1cc(/C=N\NC(=O)[C@H](C)Oc2ccc([N+](=O)[O-])cc2)ccc1OCc1ccccc1. The fourth-order valence-corrected chi connectivity index (χ4v) is 2.78. The van der Waals surface area contributed by atoms with Crippen LogP contribution >= 0.6 is 0 Å². The van der Waals surface area contributed by atoms with E-state index in [0.717, 1.165) is 5.56 Å². The molecule has 1 atom stereocenters. The molecule has 0 saturated heterocycles. The Morgan fingerprint density at radius 3 is 2.48 bits per heavy atom. The number of amides is 1. The molecule has 1 amide bonds. The molecule has 0 aliphatic heterocycles. The van der Waals surface area contributed by atoms with Crippen LogP contribution in [0.5, 0.6) is 17.2 Å². The topological polar surface area (TPSA) is 112 Å². The fourth-order valence-electron chi connectivity index (χ4n) is 2.78. The Morgan fingerprint density at radius 2 is 1.82 bits per heavy atom. The molecule has 0 heterocycles. The van der Waals surface area contributed by atoms with Crippen molar-refractivity contribution in [3.63, 3.8) is 0 Å². The maximum absolute atomic E-state index is 12.2. The summed E-state index contributed by atoms with van der Waals surface area (Å²) >= 11 is 0. The van der Waals surface area contributed by atoms with Gasteiger partial charge in [0.15, 0.2) is 17.6 Å². The van der Waals surface area contributed by atoms with E-state index in [0.29, 0.717) is 29.4 Å². The molecular weight excluding hydrogens is 426 g/mol. The summed E-state index contributed by atoms with van der Waals surface area (Å²) in [5, 5.41) is 14.6. The van der Waals surface area contributed by atoms with E-state index in [9.17, 15) is 14.9 Å². The van der Waals surface area contributed by atoms with E-state index < -0.39 is 16.9 Å². The third-order valence-corrected chi connectivity index (χ3v) is 4.54. The van der Waals surface area contributed by atoms with Gasteiger partial charge in [-0.2, -0.15) is 5.10 Å². The molecule has 0 aliphatic rings. The van der Waals surface area contributed by atoms with Crippen molar-refractivity contribution in [2.75, 3.05) is 7.11 Å². The van der Waals surface area contributed by atoms with E-state index in [1.165, 1.54) is 30.5 Å². The van der Waals surface area contributed by atoms with E-state index in [4.69, 9.17) is 14.2 Å². The van der Waals surface area contributed by atoms with Gasteiger partial charge in [-0.25, -0.2) is 5.43 Å². The van der Waals surface area contributed by atoms with E-state index in [2.05, 4.69) is 10.5 Å².